The van der Waals surface area contributed by atoms with E-state index in [0.717, 1.165) is 45.0 Å². The summed E-state index contributed by atoms with van der Waals surface area (Å²) in [5, 5.41) is 1.61. The number of aromatic nitrogens is 3. The monoisotopic (exact) mass is 343 g/mol. The molecule has 0 unspecified atom stereocenters. The molecule has 4 rings (SSSR count). The number of halogens is 2. The zero-order valence-electron chi connectivity index (χ0n) is 11.1. The predicted octanol–water partition coefficient (Wildman–Crippen LogP) is 4.27. The van der Waals surface area contributed by atoms with Crippen molar-refractivity contribution < 1.29 is 4.39 Å². The molecule has 0 saturated carbocycles. The number of fused-ring (bicyclic) bond motifs is 4. The van der Waals surface area contributed by atoms with Gasteiger partial charge in [-0.25, -0.2) is 14.4 Å². The van der Waals surface area contributed by atoms with Gasteiger partial charge in [-0.2, -0.15) is 0 Å². The Labute approximate surface area is 128 Å². The first-order valence-electron chi connectivity index (χ1n) is 6.68. The minimum Gasteiger partial charge on any atom is -0.323 e. The third-order valence-electron chi connectivity index (χ3n) is 3.62. The Bertz CT molecular complexity index is 977. The maximum absolute atomic E-state index is 13.6. The van der Waals surface area contributed by atoms with Gasteiger partial charge < -0.3 is 4.57 Å². The van der Waals surface area contributed by atoms with Crippen LogP contribution in [0.25, 0.3) is 33.1 Å². The number of para-hydroxylation sites is 2. The molecule has 5 heteroatoms. The molecule has 4 aromatic rings. The number of rotatable bonds is 2. The average Bonchev–Trinajstić information content (AvgIpc) is 2.79. The number of aryl methyl sites for hydroxylation is 1. The lowest BCUT2D eigenvalue weighted by molar-refractivity contribution is 0.629. The predicted molar refractivity (Wildman–Crippen MR) is 86.3 cm³/mol. The minimum atomic E-state index is -0.254. The van der Waals surface area contributed by atoms with Gasteiger partial charge in [-0.05, 0) is 30.3 Å². The van der Waals surface area contributed by atoms with Crippen molar-refractivity contribution in [3.8, 4) is 0 Å². The van der Waals surface area contributed by atoms with Crippen LogP contribution in [0.3, 0.4) is 0 Å². The Morgan fingerprint density at radius 1 is 1.05 bits per heavy atom. The van der Waals surface area contributed by atoms with E-state index in [1.807, 2.05) is 24.3 Å². The molecule has 0 bridgehead atoms. The van der Waals surface area contributed by atoms with Crippen molar-refractivity contribution in [2.24, 2.45) is 0 Å². The van der Waals surface area contributed by atoms with Crippen LogP contribution in [0.5, 0.6) is 0 Å². The van der Waals surface area contributed by atoms with Gasteiger partial charge in [0, 0.05) is 17.3 Å². The summed E-state index contributed by atoms with van der Waals surface area (Å²) in [5.74, 6) is -0.254. The summed E-state index contributed by atoms with van der Waals surface area (Å²) in [6, 6.07) is 12.5. The van der Waals surface area contributed by atoms with Crippen LogP contribution in [-0.2, 0) is 6.54 Å². The first-order valence-corrected chi connectivity index (χ1v) is 7.80. The van der Waals surface area contributed by atoms with E-state index in [1.165, 1.54) is 12.1 Å². The van der Waals surface area contributed by atoms with Crippen LogP contribution in [0.4, 0.5) is 4.39 Å². The number of alkyl halides is 1. The Hall–Kier alpha value is -2.01. The van der Waals surface area contributed by atoms with Gasteiger partial charge in [0.25, 0.3) is 0 Å². The zero-order valence-corrected chi connectivity index (χ0v) is 12.6. The lowest BCUT2D eigenvalue weighted by Gasteiger charge is -2.04. The van der Waals surface area contributed by atoms with Crippen molar-refractivity contribution >= 4 is 49.0 Å². The Balaban J connectivity index is 2.22. The summed E-state index contributed by atoms with van der Waals surface area (Å²) in [6.07, 6.45) is 0. The average molecular weight is 344 g/mol. The smallest absolute Gasteiger partial charge is 0.160 e. The maximum Gasteiger partial charge on any atom is 0.160 e. The molecular formula is C16H11BrFN3. The molecule has 0 fully saturated rings. The summed E-state index contributed by atoms with van der Waals surface area (Å²) in [5.41, 5.74) is 4.19. The lowest BCUT2D eigenvalue weighted by Crippen LogP contribution is -2.00. The highest BCUT2D eigenvalue weighted by atomic mass is 79.9. The molecule has 0 saturated heterocycles. The molecular weight excluding hydrogens is 333 g/mol. The van der Waals surface area contributed by atoms with Crippen molar-refractivity contribution in [2.75, 3.05) is 5.33 Å². The fraction of sp³-hybridized carbons (Fsp3) is 0.125. The quantitative estimate of drug-likeness (QED) is 0.509. The topological polar surface area (TPSA) is 30.7 Å². The molecule has 0 aliphatic rings. The molecule has 2 heterocycles. The summed E-state index contributed by atoms with van der Waals surface area (Å²) in [7, 11) is 0. The lowest BCUT2D eigenvalue weighted by atomic mass is 10.2. The van der Waals surface area contributed by atoms with Crippen molar-refractivity contribution in [3.05, 3.63) is 48.3 Å². The van der Waals surface area contributed by atoms with Crippen LogP contribution < -0.4 is 0 Å². The molecule has 0 amide bonds. The second-order valence-corrected chi connectivity index (χ2v) is 5.68. The van der Waals surface area contributed by atoms with Crippen LogP contribution >= 0.6 is 15.9 Å². The highest BCUT2D eigenvalue weighted by Gasteiger charge is 2.14. The Kier molecular flexibility index (Phi) is 2.89. The van der Waals surface area contributed by atoms with E-state index < -0.39 is 0 Å². The van der Waals surface area contributed by atoms with Crippen molar-refractivity contribution in [1.29, 1.82) is 0 Å². The Morgan fingerprint density at radius 2 is 1.81 bits per heavy atom. The largest absolute Gasteiger partial charge is 0.323 e. The highest BCUT2D eigenvalue weighted by molar-refractivity contribution is 9.09. The van der Waals surface area contributed by atoms with E-state index in [2.05, 4.69) is 25.5 Å². The molecule has 0 spiro atoms. The van der Waals surface area contributed by atoms with E-state index in [4.69, 9.17) is 4.98 Å². The van der Waals surface area contributed by atoms with E-state index in [9.17, 15) is 4.39 Å². The first kappa shape index (κ1) is 12.7. The fourth-order valence-corrected chi connectivity index (χ4v) is 3.07. The molecule has 0 atom stereocenters. The standard InChI is InChI=1S/C16H11BrFN3/c17-7-8-21-14-6-5-10(18)9-11(14)15-16(21)20-13-4-2-1-3-12(13)19-15/h1-6,9H,7-8H2. The Morgan fingerprint density at radius 3 is 2.57 bits per heavy atom. The van der Waals surface area contributed by atoms with Gasteiger partial charge in [0.15, 0.2) is 5.65 Å². The molecule has 3 nitrogen and oxygen atoms in total. The molecule has 0 N–H and O–H groups in total. The van der Waals surface area contributed by atoms with Crippen LogP contribution in [0, 0.1) is 5.82 Å². The minimum absolute atomic E-state index is 0.254. The third-order valence-corrected chi connectivity index (χ3v) is 3.98. The van der Waals surface area contributed by atoms with Gasteiger partial charge >= 0.3 is 0 Å². The van der Waals surface area contributed by atoms with Gasteiger partial charge in [0.05, 0.1) is 16.6 Å². The molecule has 2 aromatic heterocycles. The number of benzene rings is 2. The summed E-state index contributed by atoms with van der Waals surface area (Å²) in [4.78, 5) is 9.40. The first-order chi connectivity index (χ1) is 10.3. The molecule has 0 aliphatic carbocycles. The summed E-state index contributed by atoms with van der Waals surface area (Å²) < 4.78 is 15.7. The molecule has 21 heavy (non-hydrogen) atoms. The van der Waals surface area contributed by atoms with Crippen LogP contribution in [-0.4, -0.2) is 19.9 Å². The van der Waals surface area contributed by atoms with Crippen molar-refractivity contribution in [2.45, 2.75) is 6.54 Å². The van der Waals surface area contributed by atoms with E-state index in [-0.39, 0.29) is 5.82 Å². The van der Waals surface area contributed by atoms with Gasteiger partial charge in [0.2, 0.25) is 0 Å². The maximum atomic E-state index is 13.6. The van der Waals surface area contributed by atoms with Crippen molar-refractivity contribution in [1.82, 2.24) is 14.5 Å². The van der Waals surface area contributed by atoms with Gasteiger partial charge in [0.1, 0.15) is 11.3 Å². The van der Waals surface area contributed by atoms with Gasteiger partial charge in [-0.3, -0.25) is 0 Å². The summed E-state index contributed by atoms with van der Waals surface area (Å²) >= 11 is 3.46. The number of nitrogens with zero attached hydrogens (tertiary/aromatic N) is 3. The molecule has 104 valence electrons. The van der Waals surface area contributed by atoms with Gasteiger partial charge in [-0.15, -0.1) is 0 Å². The van der Waals surface area contributed by atoms with E-state index >= 15 is 0 Å². The third kappa shape index (κ3) is 1.92. The molecule has 0 radical (unpaired) electrons. The fourth-order valence-electron chi connectivity index (χ4n) is 2.72. The SMILES string of the molecule is Fc1ccc2c(c1)c1nc3ccccc3nc1n2CCBr. The van der Waals surface area contributed by atoms with E-state index in [0.29, 0.717) is 0 Å². The van der Waals surface area contributed by atoms with Crippen LogP contribution in [0.15, 0.2) is 42.5 Å². The van der Waals surface area contributed by atoms with Crippen molar-refractivity contribution in [3.63, 3.8) is 0 Å². The van der Waals surface area contributed by atoms with Crippen LogP contribution in [0.1, 0.15) is 0 Å². The second kappa shape index (κ2) is 4.77. The number of hydrogen-bond donors (Lipinski definition) is 0. The van der Waals surface area contributed by atoms with Gasteiger partial charge in [-0.1, -0.05) is 28.1 Å². The van der Waals surface area contributed by atoms with E-state index in [1.54, 1.807) is 6.07 Å². The zero-order chi connectivity index (χ0) is 14.4. The highest BCUT2D eigenvalue weighted by Crippen LogP contribution is 2.28. The normalized spacial score (nSPS) is 11.7. The molecule has 2 aromatic carbocycles. The summed E-state index contributed by atoms with van der Waals surface area (Å²) in [6.45, 7) is 0.763. The molecule has 0 aliphatic heterocycles. The van der Waals surface area contributed by atoms with Crippen LogP contribution in [0.2, 0.25) is 0 Å². The second-order valence-electron chi connectivity index (χ2n) is 4.89. The number of hydrogen-bond acceptors (Lipinski definition) is 2.